The first kappa shape index (κ1) is 12.5. The minimum atomic E-state index is -2.93. The monoisotopic (exact) mass is 230 g/mol. The van der Waals surface area contributed by atoms with E-state index in [4.69, 9.17) is 12.2 Å². The average Bonchev–Trinajstić information content (AvgIpc) is 2.17. The third-order valence-electron chi connectivity index (χ3n) is 2.77. The van der Waals surface area contributed by atoms with Gasteiger partial charge in [0.1, 0.15) is 0 Å². The molecule has 0 bridgehead atoms. The lowest BCUT2D eigenvalue weighted by atomic mass is 9.95. The Bertz CT molecular complexity index is 345. The van der Waals surface area contributed by atoms with Crippen molar-refractivity contribution < 1.29 is 8.42 Å². The lowest BCUT2D eigenvalue weighted by Crippen LogP contribution is -2.58. The number of nitrogens with one attached hydrogen (secondary N) is 1. The summed E-state index contributed by atoms with van der Waals surface area (Å²) in [4.78, 5) is 0. The van der Waals surface area contributed by atoms with E-state index in [9.17, 15) is 8.42 Å². The summed E-state index contributed by atoms with van der Waals surface area (Å²) in [5.74, 6) is 2.94. The molecule has 0 saturated carbocycles. The molecule has 1 aliphatic heterocycles. The molecule has 0 amide bonds. The third-order valence-corrected chi connectivity index (χ3v) is 4.67. The second-order valence-corrected chi connectivity index (χ2v) is 6.25. The fourth-order valence-corrected chi connectivity index (χ4v) is 3.90. The van der Waals surface area contributed by atoms with E-state index in [1.165, 1.54) is 0 Å². The van der Waals surface area contributed by atoms with Crippen LogP contribution >= 0.6 is 0 Å². The molecule has 1 saturated heterocycles. The predicted octanol–water partition coefficient (Wildman–Crippen LogP) is -0.495. The zero-order valence-corrected chi connectivity index (χ0v) is 9.65. The lowest BCUT2D eigenvalue weighted by molar-refractivity contribution is 0.331. The molecule has 1 heterocycles. The number of terminal acetylenes is 1. The highest BCUT2D eigenvalue weighted by Gasteiger charge is 2.37. The summed E-state index contributed by atoms with van der Waals surface area (Å²) in [7, 11) is -2.93. The number of nitrogens with two attached hydrogens (primary N) is 1. The standard InChI is InChI=1S/C10H18N2O2S/c1-2-3-6-12-10(8-11)5-4-7-15(13,14)9-10/h1,12H,3-9,11H2. The fraction of sp³-hybridized carbons (Fsp3) is 0.800. The molecule has 0 spiro atoms. The second kappa shape index (κ2) is 4.97. The van der Waals surface area contributed by atoms with E-state index >= 15 is 0 Å². The van der Waals surface area contributed by atoms with Crippen LogP contribution in [0.4, 0.5) is 0 Å². The topological polar surface area (TPSA) is 72.2 Å². The Morgan fingerprint density at radius 3 is 2.80 bits per heavy atom. The van der Waals surface area contributed by atoms with Crippen molar-refractivity contribution >= 4 is 9.84 Å². The second-order valence-electron chi connectivity index (χ2n) is 4.06. The lowest BCUT2D eigenvalue weighted by Gasteiger charge is -2.36. The maximum Gasteiger partial charge on any atom is 0.152 e. The summed E-state index contributed by atoms with van der Waals surface area (Å²) in [6.07, 6.45) is 7.24. The van der Waals surface area contributed by atoms with Gasteiger partial charge in [0, 0.05) is 25.0 Å². The van der Waals surface area contributed by atoms with E-state index in [0.717, 1.165) is 6.42 Å². The molecule has 15 heavy (non-hydrogen) atoms. The van der Waals surface area contributed by atoms with E-state index in [1.807, 2.05) is 0 Å². The summed E-state index contributed by atoms with van der Waals surface area (Å²) in [5, 5.41) is 3.19. The number of rotatable bonds is 4. The first-order valence-corrected chi connectivity index (χ1v) is 6.95. The van der Waals surface area contributed by atoms with Crippen molar-refractivity contribution in [1.29, 1.82) is 0 Å². The van der Waals surface area contributed by atoms with Gasteiger partial charge in [-0.2, -0.15) is 0 Å². The average molecular weight is 230 g/mol. The number of sulfone groups is 1. The highest BCUT2D eigenvalue weighted by Crippen LogP contribution is 2.21. The highest BCUT2D eigenvalue weighted by molar-refractivity contribution is 7.91. The molecule has 3 N–H and O–H groups in total. The molecule has 0 radical (unpaired) electrons. The summed E-state index contributed by atoms with van der Waals surface area (Å²) in [6, 6.07) is 0. The molecule has 86 valence electrons. The predicted molar refractivity (Wildman–Crippen MR) is 61.1 cm³/mol. The van der Waals surface area contributed by atoms with Gasteiger partial charge in [-0.05, 0) is 12.8 Å². The summed E-state index contributed by atoms with van der Waals surface area (Å²) >= 11 is 0. The van der Waals surface area contributed by atoms with Crippen LogP contribution in [0.25, 0.3) is 0 Å². The third kappa shape index (κ3) is 3.49. The maximum absolute atomic E-state index is 11.5. The minimum absolute atomic E-state index is 0.140. The van der Waals surface area contributed by atoms with Gasteiger partial charge in [-0.15, -0.1) is 12.3 Å². The number of hydrogen-bond acceptors (Lipinski definition) is 4. The van der Waals surface area contributed by atoms with E-state index in [2.05, 4.69) is 11.2 Å². The molecule has 5 heteroatoms. The van der Waals surface area contributed by atoms with E-state index in [0.29, 0.717) is 25.9 Å². The van der Waals surface area contributed by atoms with Crippen molar-refractivity contribution in [3.05, 3.63) is 0 Å². The summed E-state index contributed by atoms with van der Waals surface area (Å²) in [6.45, 7) is 0.972. The maximum atomic E-state index is 11.5. The van der Waals surface area contributed by atoms with Gasteiger partial charge in [0.05, 0.1) is 11.5 Å². The van der Waals surface area contributed by atoms with Crippen molar-refractivity contribution in [2.24, 2.45) is 5.73 Å². The molecule has 1 aliphatic rings. The van der Waals surface area contributed by atoms with Gasteiger partial charge in [0.15, 0.2) is 9.84 Å². The first-order valence-electron chi connectivity index (χ1n) is 5.13. The van der Waals surface area contributed by atoms with Gasteiger partial charge in [0.2, 0.25) is 0 Å². The minimum Gasteiger partial charge on any atom is -0.329 e. The van der Waals surface area contributed by atoms with Crippen LogP contribution in [0.3, 0.4) is 0 Å². The van der Waals surface area contributed by atoms with Crippen molar-refractivity contribution in [1.82, 2.24) is 5.32 Å². The molecule has 0 aromatic rings. The van der Waals surface area contributed by atoms with Crippen molar-refractivity contribution in [3.63, 3.8) is 0 Å². The Labute approximate surface area is 91.5 Å². The van der Waals surface area contributed by atoms with Crippen LogP contribution < -0.4 is 11.1 Å². The molecular formula is C10H18N2O2S. The summed E-state index contributed by atoms with van der Waals surface area (Å²) < 4.78 is 23.0. The smallest absolute Gasteiger partial charge is 0.152 e. The molecule has 1 unspecified atom stereocenters. The van der Waals surface area contributed by atoms with Crippen LogP contribution in [0.1, 0.15) is 19.3 Å². The molecule has 1 atom stereocenters. The van der Waals surface area contributed by atoms with Gasteiger partial charge in [0.25, 0.3) is 0 Å². The molecule has 0 aromatic carbocycles. The van der Waals surface area contributed by atoms with Crippen molar-refractivity contribution in [2.45, 2.75) is 24.8 Å². The Kier molecular flexibility index (Phi) is 4.14. The van der Waals surface area contributed by atoms with Crippen LogP contribution in [-0.4, -0.2) is 38.6 Å². The first-order chi connectivity index (χ1) is 7.04. The largest absolute Gasteiger partial charge is 0.329 e. The van der Waals surface area contributed by atoms with Crippen LogP contribution in [0.15, 0.2) is 0 Å². The van der Waals surface area contributed by atoms with Gasteiger partial charge >= 0.3 is 0 Å². The molecule has 1 rings (SSSR count). The molecule has 0 aliphatic carbocycles. The van der Waals surface area contributed by atoms with Crippen LogP contribution in [0.5, 0.6) is 0 Å². The Balaban J connectivity index is 2.64. The highest BCUT2D eigenvalue weighted by atomic mass is 32.2. The molecule has 0 aromatic heterocycles. The van der Waals surface area contributed by atoms with Crippen molar-refractivity contribution in [2.75, 3.05) is 24.6 Å². The van der Waals surface area contributed by atoms with Gasteiger partial charge in [-0.25, -0.2) is 8.42 Å². The van der Waals surface area contributed by atoms with Gasteiger partial charge in [-0.1, -0.05) is 0 Å². The van der Waals surface area contributed by atoms with Gasteiger partial charge < -0.3 is 11.1 Å². The Hall–Kier alpha value is -0.570. The molecular weight excluding hydrogens is 212 g/mol. The van der Waals surface area contributed by atoms with Crippen LogP contribution in [0, 0.1) is 12.3 Å². The summed E-state index contributed by atoms with van der Waals surface area (Å²) in [5.41, 5.74) is 5.21. The van der Waals surface area contributed by atoms with E-state index in [-0.39, 0.29) is 11.5 Å². The zero-order valence-electron chi connectivity index (χ0n) is 8.83. The zero-order chi connectivity index (χ0) is 11.4. The van der Waals surface area contributed by atoms with E-state index < -0.39 is 15.4 Å². The molecule has 4 nitrogen and oxygen atoms in total. The van der Waals surface area contributed by atoms with Crippen molar-refractivity contribution in [3.8, 4) is 12.3 Å². The number of hydrogen-bond donors (Lipinski definition) is 2. The molecule has 1 fully saturated rings. The van der Waals surface area contributed by atoms with Crippen LogP contribution in [0.2, 0.25) is 0 Å². The van der Waals surface area contributed by atoms with E-state index in [1.54, 1.807) is 0 Å². The fourth-order valence-electron chi connectivity index (χ4n) is 1.97. The normalized spacial score (nSPS) is 29.6. The van der Waals surface area contributed by atoms with Gasteiger partial charge in [-0.3, -0.25) is 0 Å². The Morgan fingerprint density at radius 2 is 2.27 bits per heavy atom. The SMILES string of the molecule is C#CCCNC1(CN)CCCS(=O)(=O)C1. The Morgan fingerprint density at radius 1 is 1.53 bits per heavy atom. The van der Waals surface area contributed by atoms with Crippen LogP contribution in [-0.2, 0) is 9.84 Å². The quantitative estimate of drug-likeness (QED) is 0.505.